The quantitative estimate of drug-likeness (QED) is 0.263. The molecule has 2 aromatic carbocycles. The zero-order valence-corrected chi connectivity index (χ0v) is 25.3. The van der Waals surface area contributed by atoms with Crippen molar-refractivity contribution < 1.29 is 19.4 Å². The van der Waals surface area contributed by atoms with Crippen molar-refractivity contribution in [1.82, 2.24) is 9.88 Å². The highest BCUT2D eigenvalue weighted by atomic mass is 16.5. The van der Waals surface area contributed by atoms with Gasteiger partial charge >= 0.3 is 5.97 Å². The molecule has 1 N–H and O–H groups in total. The summed E-state index contributed by atoms with van der Waals surface area (Å²) in [4.78, 5) is 18.5. The average molecular weight is 568 g/mol. The maximum absolute atomic E-state index is 11.9. The number of carbonyl (C=O) groups is 1. The highest BCUT2D eigenvalue weighted by Crippen LogP contribution is 2.48. The van der Waals surface area contributed by atoms with E-state index in [1.165, 1.54) is 5.56 Å². The van der Waals surface area contributed by atoms with Gasteiger partial charge in [-0.05, 0) is 91.8 Å². The molecule has 1 aliphatic heterocycles. The zero-order chi connectivity index (χ0) is 30.0. The van der Waals surface area contributed by atoms with Crippen LogP contribution >= 0.6 is 0 Å². The number of fused-ring (bicyclic) bond motifs is 1. The second kappa shape index (κ2) is 12.5. The fourth-order valence-corrected chi connectivity index (χ4v) is 6.35. The first kappa shape index (κ1) is 29.6. The number of nitrogens with zero attached hydrogens (tertiary/aromatic N) is 3. The SMILES string of the molecule is CCN(Cc1cc(C2CCc3ccc([C@H](C4CC4)[C@H](C)C(=O)O)cc3O2)ccc1-c1cc(OC)ncc1C#N)C(C)C. The van der Waals surface area contributed by atoms with Crippen LogP contribution in [0.1, 0.15) is 86.8 Å². The molecule has 42 heavy (non-hydrogen) atoms. The summed E-state index contributed by atoms with van der Waals surface area (Å²) in [5, 5.41) is 19.6. The van der Waals surface area contributed by atoms with Gasteiger partial charge in [0.25, 0.3) is 0 Å². The predicted molar refractivity (Wildman–Crippen MR) is 163 cm³/mol. The molecular weight excluding hydrogens is 526 g/mol. The van der Waals surface area contributed by atoms with Gasteiger partial charge in [0, 0.05) is 30.4 Å². The van der Waals surface area contributed by atoms with Gasteiger partial charge in [-0.2, -0.15) is 5.26 Å². The van der Waals surface area contributed by atoms with E-state index < -0.39 is 11.9 Å². The highest BCUT2D eigenvalue weighted by Gasteiger charge is 2.39. The Bertz CT molecular complexity index is 1490. The van der Waals surface area contributed by atoms with Crippen LogP contribution in [0.2, 0.25) is 0 Å². The van der Waals surface area contributed by atoms with Crippen molar-refractivity contribution in [2.45, 2.75) is 78.0 Å². The number of nitriles is 1. The third-order valence-electron chi connectivity index (χ3n) is 8.99. The number of aromatic nitrogens is 1. The second-order valence-electron chi connectivity index (χ2n) is 12.0. The summed E-state index contributed by atoms with van der Waals surface area (Å²) in [5.74, 6) is 0.588. The number of methoxy groups -OCH3 is 1. The number of rotatable bonds is 11. The molecule has 3 aromatic rings. The van der Waals surface area contributed by atoms with E-state index in [0.717, 1.165) is 72.3 Å². The van der Waals surface area contributed by atoms with E-state index in [1.54, 1.807) is 13.3 Å². The first-order valence-corrected chi connectivity index (χ1v) is 15.1. The fourth-order valence-electron chi connectivity index (χ4n) is 6.35. The van der Waals surface area contributed by atoms with E-state index in [9.17, 15) is 15.2 Å². The van der Waals surface area contributed by atoms with Crippen molar-refractivity contribution in [2.24, 2.45) is 11.8 Å². The number of aryl methyl sites for hydroxylation is 1. The molecule has 1 fully saturated rings. The lowest BCUT2D eigenvalue weighted by Gasteiger charge is -2.30. The van der Waals surface area contributed by atoms with Gasteiger partial charge in [-0.25, -0.2) is 4.98 Å². The molecule has 2 heterocycles. The third-order valence-corrected chi connectivity index (χ3v) is 8.99. The zero-order valence-electron chi connectivity index (χ0n) is 25.3. The molecule has 1 aliphatic carbocycles. The van der Waals surface area contributed by atoms with Crippen LogP contribution in [0.5, 0.6) is 11.6 Å². The van der Waals surface area contributed by atoms with E-state index in [1.807, 2.05) is 13.0 Å². The van der Waals surface area contributed by atoms with Crippen LogP contribution in [0.25, 0.3) is 11.1 Å². The Kier molecular flexibility index (Phi) is 8.84. The number of benzene rings is 2. The molecule has 1 saturated carbocycles. The normalized spacial score (nSPS) is 17.7. The van der Waals surface area contributed by atoms with Crippen molar-refractivity contribution in [3.8, 4) is 28.8 Å². The first-order chi connectivity index (χ1) is 20.2. The van der Waals surface area contributed by atoms with Gasteiger partial charge in [0.05, 0.1) is 18.6 Å². The largest absolute Gasteiger partial charge is 0.485 e. The number of hydrogen-bond donors (Lipinski definition) is 1. The van der Waals surface area contributed by atoms with Crippen LogP contribution < -0.4 is 9.47 Å². The highest BCUT2D eigenvalue weighted by molar-refractivity contribution is 5.74. The van der Waals surface area contributed by atoms with Crippen LogP contribution in [0.3, 0.4) is 0 Å². The van der Waals surface area contributed by atoms with Crippen LogP contribution in [0.15, 0.2) is 48.7 Å². The Morgan fingerprint density at radius 1 is 1.14 bits per heavy atom. The minimum atomic E-state index is -0.745. The summed E-state index contributed by atoms with van der Waals surface area (Å²) in [6, 6.07) is 17.3. The Hall–Kier alpha value is -3.89. The summed E-state index contributed by atoms with van der Waals surface area (Å²) < 4.78 is 12.1. The van der Waals surface area contributed by atoms with Crippen LogP contribution in [0.4, 0.5) is 0 Å². The standard InChI is InChI=1S/C35H41N3O4/c1-6-38(21(2)3)20-27-15-25(11-13-29(27)30-17-33(41-5)37-19-28(30)18-36)31-14-12-23-7-10-26(16-32(23)42-31)34(24-8-9-24)22(4)35(39)40/h7,10-11,13,15-17,19,21-22,24,31,34H,6,8-9,12,14,20H2,1-5H3,(H,39,40)/t22-,31?,34-/m0/s1. The molecule has 1 aromatic heterocycles. The number of hydrogen-bond acceptors (Lipinski definition) is 6. The Morgan fingerprint density at radius 3 is 2.57 bits per heavy atom. The molecule has 5 rings (SSSR count). The molecule has 0 amide bonds. The number of pyridine rings is 1. The summed E-state index contributed by atoms with van der Waals surface area (Å²) in [7, 11) is 1.58. The Labute approximate surface area is 249 Å². The molecule has 0 bridgehead atoms. The van der Waals surface area contributed by atoms with E-state index in [4.69, 9.17) is 9.47 Å². The monoisotopic (exact) mass is 567 g/mol. The van der Waals surface area contributed by atoms with Gasteiger partial charge in [0.15, 0.2) is 0 Å². The van der Waals surface area contributed by atoms with Crippen molar-refractivity contribution >= 4 is 5.97 Å². The van der Waals surface area contributed by atoms with Gasteiger partial charge in [0.2, 0.25) is 5.88 Å². The Balaban J connectivity index is 1.50. The molecule has 1 unspecified atom stereocenters. The molecule has 0 spiro atoms. The van der Waals surface area contributed by atoms with Crippen LogP contribution in [0, 0.1) is 23.2 Å². The van der Waals surface area contributed by atoms with Gasteiger partial charge in [0.1, 0.15) is 17.9 Å². The summed E-state index contributed by atoms with van der Waals surface area (Å²) in [6.45, 7) is 10.0. The average Bonchev–Trinajstić information content (AvgIpc) is 3.84. The van der Waals surface area contributed by atoms with Gasteiger partial charge in [-0.15, -0.1) is 0 Å². The van der Waals surface area contributed by atoms with Crippen molar-refractivity contribution in [3.05, 3.63) is 76.5 Å². The van der Waals surface area contributed by atoms with E-state index in [-0.39, 0.29) is 12.0 Å². The summed E-state index contributed by atoms with van der Waals surface area (Å²) in [6.07, 6.45) is 5.38. The molecule has 0 radical (unpaired) electrons. The van der Waals surface area contributed by atoms with Crippen LogP contribution in [-0.4, -0.2) is 40.7 Å². The number of ether oxygens (including phenoxy) is 2. The second-order valence-corrected chi connectivity index (χ2v) is 12.0. The van der Waals surface area contributed by atoms with Gasteiger partial charge in [-0.3, -0.25) is 9.69 Å². The lowest BCUT2D eigenvalue weighted by atomic mass is 9.82. The summed E-state index contributed by atoms with van der Waals surface area (Å²) in [5.41, 5.74) is 6.76. The van der Waals surface area contributed by atoms with Gasteiger partial charge < -0.3 is 14.6 Å². The first-order valence-electron chi connectivity index (χ1n) is 15.1. The van der Waals surface area contributed by atoms with Crippen LogP contribution in [-0.2, 0) is 17.8 Å². The molecular formula is C35H41N3O4. The van der Waals surface area contributed by atoms with E-state index >= 15 is 0 Å². The molecule has 7 heteroatoms. The maximum atomic E-state index is 11.9. The molecule has 0 saturated heterocycles. The van der Waals surface area contributed by atoms with Crippen molar-refractivity contribution in [3.63, 3.8) is 0 Å². The fraction of sp³-hybridized carbons (Fsp3) is 0.457. The number of aliphatic carboxylic acids is 1. The van der Waals surface area contributed by atoms with E-state index in [2.05, 4.69) is 73.1 Å². The molecule has 7 nitrogen and oxygen atoms in total. The van der Waals surface area contributed by atoms with Crippen molar-refractivity contribution in [1.29, 1.82) is 5.26 Å². The minimum Gasteiger partial charge on any atom is -0.485 e. The van der Waals surface area contributed by atoms with E-state index in [0.29, 0.717) is 23.4 Å². The number of carboxylic acids is 1. The molecule has 220 valence electrons. The van der Waals surface area contributed by atoms with Gasteiger partial charge in [-0.1, -0.05) is 44.2 Å². The molecule has 3 atom stereocenters. The van der Waals surface area contributed by atoms with Crippen molar-refractivity contribution in [2.75, 3.05) is 13.7 Å². The predicted octanol–water partition coefficient (Wildman–Crippen LogP) is 7.14. The molecule has 2 aliphatic rings. The lowest BCUT2D eigenvalue weighted by molar-refractivity contribution is -0.142. The smallest absolute Gasteiger partial charge is 0.306 e. The Morgan fingerprint density at radius 2 is 1.93 bits per heavy atom. The summed E-state index contributed by atoms with van der Waals surface area (Å²) >= 11 is 0. The lowest BCUT2D eigenvalue weighted by Crippen LogP contribution is -2.30. The maximum Gasteiger partial charge on any atom is 0.306 e. The number of carboxylic acid groups (broad SMARTS) is 1. The third kappa shape index (κ3) is 6.15. The minimum absolute atomic E-state index is 0.00501. The topological polar surface area (TPSA) is 95.7 Å².